The van der Waals surface area contributed by atoms with Gasteiger partial charge in [0.15, 0.2) is 0 Å². The van der Waals surface area contributed by atoms with Crippen LogP contribution in [0.3, 0.4) is 0 Å². The summed E-state index contributed by atoms with van der Waals surface area (Å²) in [4.78, 5) is 20.0. The lowest BCUT2D eigenvalue weighted by molar-refractivity contribution is -0.510. The number of nitro groups is 1. The molecule has 0 N–H and O–H groups in total. The van der Waals surface area contributed by atoms with Crippen LogP contribution < -0.4 is 0 Å². The smallest absolute Gasteiger partial charge is 0.293 e. The second-order valence-electron chi connectivity index (χ2n) is 2.83. The van der Waals surface area contributed by atoms with E-state index in [1.54, 1.807) is 12.2 Å². The highest BCUT2D eigenvalue weighted by molar-refractivity contribution is 5.36. The van der Waals surface area contributed by atoms with Crippen molar-refractivity contribution >= 4 is 6.47 Å². The first-order valence-electron chi connectivity index (χ1n) is 4.74. The molecule has 0 saturated carbocycles. The molecule has 0 aliphatic rings. The normalized spacial score (nSPS) is 13.1. The van der Waals surface area contributed by atoms with Crippen LogP contribution in [0.1, 0.15) is 19.8 Å². The summed E-state index contributed by atoms with van der Waals surface area (Å²) in [6, 6.07) is -0.800. The fourth-order valence-electron chi connectivity index (χ4n) is 0.916. The van der Waals surface area contributed by atoms with Gasteiger partial charge in [-0.2, -0.15) is 0 Å². The maximum atomic E-state index is 10.5. The summed E-state index contributed by atoms with van der Waals surface area (Å²) in [6.07, 6.45) is 7.87. The molecule has 0 rings (SSSR count). The van der Waals surface area contributed by atoms with Crippen LogP contribution in [-0.2, 0) is 9.53 Å². The van der Waals surface area contributed by atoms with E-state index in [1.807, 2.05) is 13.0 Å². The third-order valence-electron chi connectivity index (χ3n) is 1.69. The molecule has 0 aliphatic heterocycles. The first-order valence-corrected chi connectivity index (χ1v) is 4.74. The molecule has 0 spiro atoms. The van der Waals surface area contributed by atoms with Gasteiger partial charge in [-0.25, -0.2) is 0 Å². The van der Waals surface area contributed by atoms with Crippen molar-refractivity contribution < 1.29 is 14.5 Å². The van der Waals surface area contributed by atoms with Crippen LogP contribution in [0.2, 0.25) is 0 Å². The van der Waals surface area contributed by atoms with Gasteiger partial charge in [0.25, 0.3) is 6.47 Å². The van der Waals surface area contributed by atoms with E-state index < -0.39 is 11.0 Å². The predicted molar refractivity (Wildman–Crippen MR) is 56.0 cm³/mol. The predicted octanol–water partition coefficient (Wildman–Crippen LogP) is 1.72. The van der Waals surface area contributed by atoms with Crippen LogP contribution in [0.4, 0.5) is 0 Å². The Balaban J connectivity index is 4.03. The van der Waals surface area contributed by atoms with E-state index in [0.717, 1.165) is 6.42 Å². The zero-order chi connectivity index (χ0) is 11.5. The number of ether oxygens (including phenoxy) is 1. The van der Waals surface area contributed by atoms with Crippen LogP contribution >= 0.6 is 0 Å². The molecule has 0 aromatic heterocycles. The minimum absolute atomic E-state index is 0.0664. The average Bonchev–Trinajstić information content (AvgIpc) is 2.21. The van der Waals surface area contributed by atoms with Gasteiger partial charge in [-0.1, -0.05) is 25.2 Å². The van der Waals surface area contributed by atoms with E-state index in [4.69, 9.17) is 0 Å². The minimum atomic E-state index is -0.800. The van der Waals surface area contributed by atoms with Crippen molar-refractivity contribution in [1.29, 1.82) is 0 Å². The molecular formula is C10H15NO4. The van der Waals surface area contributed by atoms with E-state index in [2.05, 4.69) is 4.74 Å². The molecule has 1 unspecified atom stereocenters. The molecule has 1 atom stereocenters. The lowest BCUT2D eigenvalue weighted by atomic mass is 10.2. The zero-order valence-electron chi connectivity index (χ0n) is 8.67. The Kier molecular flexibility index (Phi) is 7.94. The van der Waals surface area contributed by atoms with Crippen LogP contribution in [-0.4, -0.2) is 24.0 Å². The third-order valence-corrected chi connectivity index (χ3v) is 1.69. The van der Waals surface area contributed by atoms with Crippen molar-refractivity contribution in [3.8, 4) is 0 Å². The maximum Gasteiger partial charge on any atom is 0.293 e. The van der Waals surface area contributed by atoms with Crippen molar-refractivity contribution in [3.63, 3.8) is 0 Å². The number of hydrogen-bond acceptors (Lipinski definition) is 4. The molecule has 0 fully saturated rings. The summed E-state index contributed by atoms with van der Waals surface area (Å²) in [5.74, 6) is 0. The molecule has 0 bridgehead atoms. The van der Waals surface area contributed by atoms with Crippen molar-refractivity contribution in [2.24, 2.45) is 0 Å². The maximum absolute atomic E-state index is 10.5. The highest BCUT2D eigenvalue weighted by Crippen LogP contribution is 2.00. The first-order chi connectivity index (χ1) is 7.22. The second-order valence-corrected chi connectivity index (χ2v) is 2.83. The van der Waals surface area contributed by atoms with Gasteiger partial charge >= 0.3 is 0 Å². The Bertz CT molecular complexity index is 248. The van der Waals surface area contributed by atoms with Gasteiger partial charge in [-0.05, 0) is 12.5 Å². The summed E-state index contributed by atoms with van der Waals surface area (Å²) >= 11 is 0. The lowest BCUT2D eigenvalue weighted by Gasteiger charge is -2.02. The van der Waals surface area contributed by atoms with Gasteiger partial charge in [-0.15, -0.1) is 0 Å². The molecule has 0 aromatic carbocycles. The quantitative estimate of drug-likeness (QED) is 0.202. The Hall–Kier alpha value is -1.65. The number of hydrogen-bond donors (Lipinski definition) is 0. The summed E-state index contributed by atoms with van der Waals surface area (Å²) in [5.41, 5.74) is 0. The molecule has 84 valence electrons. The Labute approximate surface area is 88.6 Å². The molecule has 0 saturated heterocycles. The van der Waals surface area contributed by atoms with Gasteiger partial charge in [0.05, 0.1) is 13.0 Å². The largest absolute Gasteiger partial charge is 0.468 e. The SMILES string of the molecule is CC/C=C\C=C\C(CCOC=O)[N+](=O)[O-]. The monoisotopic (exact) mass is 213 g/mol. The van der Waals surface area contributed by atoms with Gasteiger partial charge in [-0.3, -0.25) is 14.9 Å². The molecule has 5 heteroatoms. The van der Waals surface area contributed by atoms with Crippen molar-refractivity contribution in [2.75, 3.05) is 6.61 Å². The van der Waals surface area contributed by atoms with Crippen molar-refractivity contribution in [3.05, 3.63) is 34.4 Å². The summed E-state index contributed by atoms with van der Waals surface area (Å²) in [5, 5.41) is 10.5. The highest BCUT2D eigenvalue weighted by atomic mass is 16.6. The van der Waals surface area contributed by atoms with E-state index in [-0.39, 0.29) is 19.5 Å². The number of allylic oxidation sites excluding steroid dienone is 3. The summed E-state index contributed by atoms with van der Waals surface area (Å²) in [6.45, 7) is 2.34. The average molecular weight is 213 g/mol. The minimum Gasteiger partial charge on any atom is -0.468 e. The Morgan fingerprint density at radius 3 is 2.73 bits per heavy atom. The fourth-order valence-corrected chi connectivity index (χ4v) is 0.916. The van der Waals surface area contributed by atoms with Gasteiger partial charge in [0.1, 0.15) is 0 Å². The van der Waals surface area contributed by atoms with E-state index in [9.17, 15) is 14.9 Å². The van der Waals surface area contributed by atoms with E-state index in [0.29, 0.717) is 0 Å². The fraction of sp³-hybridized carbons (Fsp3) is 0.500. The molecule has 0 amide bonds. The Morgan fingerprint density at radius 1 is 1.47 bits per heavy atom. The summed E-state index contributed by atoms with van der Waals surface area (Å²) in [7, 11) is 0. The second kappa shape index (κ2) is 8.93. The van der Waals surface area contributed by atoms with Gasteiger partial charge < -0.3 is 4.74 Å². The van der Waals surface area contributed by atoms with Crippen LogP contribution in [0.5, 0.6) is 0 Å². The van der Waals surface area contributed by atoms with Crippen LogP contribution in [0.25, 0.3) is 0 Å². The van der Waals surface area contributed by atoms with E-state index >= 15 is 0 Å². The molecule has 5 nitrogen and oxygen atoms in total. The van der Waals surface area contributed by atoms with Gasteiger partial charge in [0, 0.05) is 4.92 Å². The molecule has 0 aliphatic carbocycles. The van der Waals surface area contributed by atoms with Gasteiger partial charge in [0.2, 0.25) is 6.04 Å². The number of rotatable bonds is 8. The Morgan fingerprint density at radius 2 is 2.20 bits per heavy atom. The molecule has 0 radical (unpaired) electrons. The van der Waals surface area contributed by atoms with Crippen molar-refractivity contribution in [1.82, 2.24) is 0 Å². The molecule has 0 aromatic rings. The van der Waals surface area contributed by atoms with Crippen molar-refractivity contribution in [2.45, 2.75) is 25.8 Å². The third kappa shape index (κ3) is 7.42. The molecular weight excluding hydrogens is 198 g/mol. The molecule has 0 heterocycles. The number of nitrogens with zero attached hydrogens (tertiary/aromatic N) is 1. The molecule has 15 heavy (non-hydrogen) atoms. The first kappa shape index (κ1) is 13.4. The number of carbonyl (C=O) groups is 1. The standard InChI is InChI=1S/C10H15NO4/c1-2-3-4-5-6-10(11(13)14)7-8-15-9-12/h3-6,9-10H,2,7-8H2,1H3/b4-3-,6-5+. The highest BCUT2D eigenvalue weighted by Gasteiger charge is 2.15. The van der Waals surface area contributed by atoms with Crippen LogP contribution in [0.15, 0.2) is 24.3 Å². The van der Waals surface area contributed by atoms with E-state index in [1.165, 1.54) is 6.08 Å². The zero-order valence-corrected chi connectivity index (χ0v) is 8.67. The number of carbonyl (C=O) groups excluding carboxylic acids is 1. The lowest BCUT2D eigenvalue weighted by Crippen LogP contribution is -2.18. The summed E-state index contributed by atoms with van der Waals surface area (Å²) < 4.78 is 4.40. The van der Waals surface area contributed by atoms with Crippen LogP contribution in [0, 0.1) is 10.1 Å². The topological polar surface area (TPSA) is 69.4 Å².